The summed E-state index contributed by atoms with van der Waals surface area (Å²) in [6.07, 6.45) is 9.57. The van der Waals surface area contributed by atoms with Gasteiger partial charge in [-0.2, -0.15) is 0 Å². The molecule has 0 radical (unpaired) electrons. The number of alkyl carbamates (subject to hydrolysis) is 1. The van der Waals surface area contributed by atoms with Crippen LogP contribution in [0.4, 0.5) is 10.5 Å². The Kier molecular flexibility index (Phi) is 12.5. The van der Waals surface area contributed by atoms with Gasteiger partial charge < -0.3 is 29.7 Å². The molecule has 256 valence electrons. The van der Waals surface area contributed by atoms with Crippen LogP contribution >= 0.6 is 0 Å². The fourth-order valence-corrected chi connectivity index (χ4v) is 6.43. The number of nitrogens with zero attached hydrogens (tertiary/aromatic N) is 2. The number of nitro groups is 1. The molecule has 4 rings (SSSR count). The first kappa shape index (κ1) is 35.6. The van der Waals surface area contributed by atoms with Gasteiger partial charge in [-0.15, -0.1) is 13.2 Å². The Balaban J connectivity index is 1.51. The van der Waals surface area contributed by atoms with Crippen LogP contribution in [-0.4, -0.2) is 77.2 Å². The van der Waals surface area contributed by atoms with E-state index in [-0.39, 0.29) is 37.3 Å². The monoisotopic (exact) mass is 654 g/mol. The first-order valence-electron chi connectivity index (χ1n) is 16.4. The van der Waals surface area contributed by atoms with E-state index in [9.17, 15) is 29.3 Å². The standard InChI is InChI=1S/C34H46N4O9/c1-4-6-7-8-9-14-28(35-33(42)47-26-12-10-11-13-26)31(40)37-21-27(46-22-23-15-17-25(18-16-23)38(43)44)19-29(37)30(39)36-34(32(41)45-3)20-24(34)5-2/h4-5,15-18,24,26-29H,1-2,6-14,19-22H2,3H3,(H,35,42)(H,36,39)/t24-,27+,28+,29+,34-/m1/s1. The molecule has 13 nitrogen and oxygen atoms in total. The minimum Gasteiger partial charge on any atom is -0.467 e. The van der Waals surface area contributed by atoms with Gasteiger partial charge in [0.1, 0.15) is 23.7 Å². The summed E-state index contributed by atoms with van der Waals surface area (Å²) in [4.78, 5) is 65.6. The first-order chi connectivity index (χ1) is 22.6. The molecule has 13 heteroatoms. The van der Waals surface area contributed by atoms with Crippen molar-refractivity contribution >= 4 is 29.6 Å². The van der Waals surface area contributed by atoms with Gasteiger partial charge in [0.25, 0.3) is 5.69 Å². The van der Waals surface area contributed by atoms with E-state index in [1.54, 1.807) is 18.2 Å². The van der Waals surface area contributed by atoms with E-state index in [0.717, 1.165) is 44.9 Å². The fourth-order valence-electron chi connectivity index (χ4n) is 6.43. The minimum absolute atomic E-state index is 0.0462. The van der Waals surface area contributed by atoms with Crippen molar-refractivity contribution in [2.45, 2.75) is 107 Å². The Hall–Kier alpha value is -4.26. The van der Waals surface area contributed by atoms with Gasteiger partial charge >= 0.3 is 12.1 Å². The fraction of sp³-hybridized carbons (Fsp3) is 0.588. The van der Waals surface area contributed by atoms with Crippen molar-refractivity contribution in [2.75, 3.05) is 13.7 Å². The number of hydrogen-bond donors (Lipinski definition) is 2. The predicted molar refractivity (Wildman–Crippen MR) is 172 cm³/mol. The highest BCUT2D eigenvalue weighted by Crippen LogP contribution is 2.45. The van der Waals surface area contributed by atoms with E-state index in [2.05, 4.69) is 23.8 Å². The van der Waals surface area contributed by atoms with Gasteiger partial charge in [-0.1, -0.05) is 25.0 Å². The molecule has 3 amide bonds. The molecule has 1 aromatic carbocycles. The van der Waals surface area contributed by atoms with E-state index in [0.29, 0.717) is 24.8 Å². The highest BCUT2D eigenvalue weighted by Gasteiger charge is 2.62. The third-order valence-corrected chi connectivity index (χ3v) is 9.24. The molecule has 1 aromatic rings. The van der Waals surface area contributed by atoms with Crippen LogP contribution in [-0.2, 0) is 35.2 Å². The van der Waals surface area contributed by atoms with E-state index in [1.807, 2.05) is 6.08 Å². The number of hydrogen-bond acceptors (Lipinski definition) is 9. The molecule has 47 heavy (non-hydrogen) atoms. The number of nitrogens with one attached hydrogen (secondary N) is 2. The van der Waals surface area contributed by atoms with Crippen LogP contribution in [0.15, 0.2) is 49.6 Å². The lowest BCUT2D eigenvalue weighted by Crippen LogP contribution is -2.56. The van der Waals surface area contributed by atoms with Gasteiger partial charge in [0, 0.05) is 31.0 Å². The van der Waals surface area contributed by atoms with Crippen LogP contribution < -0.4 is 10.6 Å². The summed E-state index contributed by atoms with van der Waals surface area (Å²) in [7, 11) is 1.25. The Labute approximate surface area is 275 Å². The second kappa shape index (κ2) is 16.5. The van der Waals surface area contributed by atoms with E-state index in [1.165, 1.54) is 24.1 Å². The molecule has 0 unspecified atom stereocenters. The van der Waals surface area contributed by atoms with Crippen molar-refractivity contribution in [3.63, 3.8) is 0 Å². The number of benzene rings is 1. The largest absolute Gasteiger partial charge is 0.467 e. The lowest BCUT2D eigenvalue weighted by atomic mass is 10.0. The molecular weight excluding hydrogens is 608 g/mol. The molecule has 3 fully saturated rings. The normalized spacial score (nSPS) is 24.2. The average molecular weight is 655 g/mol. The van der Waals surface area contributed by atoms with Crippen molar-refractivity contribution < 1.29 is 38.3 Å². The van der Waals surface area contributed by atoms with Gasteiger partial charge in [0.05, 0.1) is 24.7 Å². The maximum Gasteiger partial charge on any atom is 0.408 e. The van der Waals surface area contributed by atoms with Crippen molar-refractivity contribution in [2.24, 2.45) is 5.92 Å². The number of likely N-dealkylation sites (tertiary alicyclic amines) is 1. The van der Waals surface area contributed by atoms with Crippen LogP contribution in [0.3, 0.4) is 0 Å². The number of allylic oxidation sites excluding steroid dienone is 1. The Bertz CT molecular complexity index is 1310. The van der Waals surface area contributed by atoms with Gasteiger partial charge in [0.2, 0.25) is 11.8 Å². The Morgan fingerprint density at radius 3 is 2.45 bits per heavy atom. The zero-order chi connectivity index (χ0) is 34.0. The Morgan fingerprint density at radius 1 is 1.11 bits per heavy atom. The molecule has 2 aliphatic carbocycles. The predicted octanol–water partition coefficient (Wildman–Crippen LogP) is 4.49. The lowest BCUT2D eigenvalue weighted by Gasteiger charge is -2.30. The molecular formula is C34H46N4O9. The lowest BCUT2D eigenvalue weighted by molar-refractivity contribution is -0.384. The topological polar surface area (TPSA) is 166 Å². The number of ether oxygens (including phenoxy) is 3. The van der Waals surface area contributed by atoms with Gasteiger partial charge in [-0.3, -0.25) is 19.7 Å². The number of methoxy groups -OCH3 is 1. The van der Waals surface area contributed by atoms with Crippen LogP contribution in [0.25, 0.3) is 0 Å². The molecule has 0 bridgehead atoms. The van der Waals surface area contributed by atoms with Crippen LogP contribution in [0.1, 0.15) is 76.2 Å². The Morgan fingerprint density at radius 2 is 1.83 bits per heavy atom. The maximum absolute atomic E-state index is 14.2. The van der Waals surface area contributed by atoms with Crippen molar-refractivity contribution in [1.82, 2.24) is 15.5 Å². The number of nitro benzene ring substituents is 1. The maximum atomic E-state index is 14.2. The van der Waals surface area contributed by atoms with E-state index >= 15 is 0 Å². The number of carbonyl (C=O) groups excluding carboxylic acids is 4. The zero-order valence-electron chi connectivity index (χ0n) is 27.0. The van der Waals surface area contributed by atoms with Gasteiger partial charge in [-0.25, -0.2) is 9.59 Å². The van der Waals surface area contributed by atoms with Crippen LogP contribution in [0, 0.1) is 16.0 Å². The van der Waals surface area contributed by atoms with Crippen molar-refractivity contribution in [1.29, 1.82) is 0 Å². The van der Waals surface area contributed by atoms with Crippen molar-refractivity contribution in [3.8, 4) is 0 Å². The summed E-state index contributed by atoms with van der Waals surface area (Å²) in [6, 6.07) is 4.01. The summed E-state index contributed by atoms with van der Waals surface area (Å²) < 4.78 is 16.7. The third kappa shape index (κ3) is 9.18. The third-order valence-electron chi connectivity index (χ3n) is 9.24. The number of non-ortho nitro benzene ring substituents is 1. The molecule has 2 N–H and O–H groups in total. The summed E-state index contributed by atoms with van der Waals surface area (Å²) in [5.41, 5.74) is -0.616. The smallest absolute Gasteiger partial charge is 0.408 e. The van der Waals surface area contributed by atoms with Crippen molar-refractivity contribution in [3.05, 3.63) is 65.3 Å². The molecule has 1 heterocycles. The van der Waals surface area contributed by atoms with E-state index in [4.69, 9.17) is 14.2 Å². The van der Waals surface area contributed by atoms with Gasteiger partial charge in [0.15, 0.2) is 0 Å². The summed E-state index contributed by atoms with van der Waals surface area (Å²) in [5.74, 6) is -1.88. The molecule has 0 aromatic heterocycles. The van der Waals surface area contributed by atoms with Crippen LogP contribution in [0.5, 0.6) is 0 Å². The molecule has 5 atom stereocenters. The molecule has 2 saturated carbocycles. The zero-order valence-corrected chi connectivity index (χ0v) is 27.0. The molecule has 3 aliphatic rings. The highest BCUT2D eigenvalue weighted by molar-refractivity contribution is 5.96. The second-order valence-corrected chi connectivity index (χ2v) is 12.5. The van der Waals surface area contributed by atoms with E-state index < -0.39 is 52.5 Å². The first-order valence-corrected chi connectivity index (χ1v) is 16.4. The SMILES string of the molecule is C=CCCCCC[C@H](NC(=O)OC1CCCC1)C(=O)N1C[C@@H](OCc2ccc([N+](=O)[O-])cc2)C[C@H]1C(=O)N[C@]1(C(=O)OC)C[C@H]1C=C. The average Bonchev–Trinajstić information content (AvgIpc) is 3.34. The highest BCUT2D eigenvalue weighted by atomic mass is 16.6. The summed E-state index contributed by atoms with van der Waals surface area (Å²) >= 11 is 0. The number of unbranched alkanes of at least 4 members (excludes halogenated alkanes) is 3. The molecule has 0 spiro atoms. The quantitative estimate of drug-likeness (QED) is 0.0809. The number of amides is 3. The number of rotatable bonds is 17. The minimum atomic E-state index is -1.26. The number of carbonyl (C=O) groups is 4. The summed E-state index contributed by atoms with van der Waals surface area (Å²) in [5, 5.41) is 16.6. The summed E-state index contributed by atoms with van der Waals surface area (Å²) in [6.45, 7) is 7.67. The molecule has 1 saturated heterocycles. The number of esters is 1. The van der Waals surface area contributed by atoms with Gasteiger partial charge in [-0.05, 0) is 69.1 Å². The molecule has 1 aliphatic heterocycles. The van der Waals surface area contributed by atoms with Crippen LogP contribution in [0.2, 0.25) is 0 Å². The second-order valence-electron chi connectivity index (χ2n) is 12.5.